The number of aromatic nitrogens is 4. The molecule has 0 aliphatic heterocycles. The summed E-state index contributed by atoms with van der Waals surface area (Å²) in [6, 6.07) is 31.5. The number of benzene rings is 2. The zero-order valence-corrected chi connectivity index (χ0v) is 40.0. The first-order chi connectivity index (χ1) is 34.9. The van der Waals surface area contributed by atoms with Gasteiger partial charge in [-0.25, -0.2) is 9.97 Å². The molecule has 0 aliphatic carbocycles. The summed E-state index contributed by atoms with van der Waals surface area (Å²) in [6.07, 6.45) is 3.26. The highest BCUT2D eigenvalue weighted by atomic mass is 16.5. The number of carbonyl (C=O) groups excluding carboxylic acids is 6. The van der Waals surface area contributed by atoms with Crippen LogP contribution in [0.5, 0.6) is 11.5 Å². The van der Waals surface area contributed by atoms with Crippen molar-refractivity contribution in [3.63, 3.8) is 0 Å². The summed E-state index contributed by atoms with van der Waals surface area (Å²) >= 11 is 0. The van der Waals surface area contributed by atoms with E-state index in [4.69, 9.17) is 24.9 Å². The number of rotatable bonds is 27. The van der Waals surface area contributed by atoms with Gasteiger partial charge >= 0.3 is 0 Å². The Morgan fingerprint density at radius 3 is 1.83 bits per heavy atom. The standard InChI is InChI=1S/C51H57N11O10/c1-70-24-21-59(32-44(52)64)48(67)31-56-46(65)33-60(23-26-72-38-27-41(39-14-6-8-19-54-39)57-42(28-38)40-15-7-9-20-55-40)49(68)35-62(45-18-17-37-13-10-16-43(63)51(37)58-45)50(69)34-61(22-25-71-2)47(66)30-53-29-36-11-4-3-5-12-36/h3-20,27-28,53,63H,21-26,29-35H2,1-2H3,(H2,52,64)(H,56,65). The number of fused-ring (bicyclic) bond motifs is 1. The van der Waals surface area contributed by atoms with Crippen molar-refractivity contribution < 1.29 is 48.1 Å². The molecule has 6 amide bonds. The van der Waals surface area contributed by atoms with E-state index < -0.39 is 68.2 Å². The third-order valence-electron chi connectivity index (χ3n) is 10.9. The van der Waals surface area contributed by atoms with E-state index in [-0.39, 0.29) is 63.1 Å². The third-order valence-corrected chi connectivity index (χ3v) is 10.9. The molecular formula is C51H57N11O10. The van der Waals surface area contributed by atoms with E-state index in [0.29, 0.717) is 40.5 Å². The van der Waals surface area contributed by atoms with Gasteiger partial charge in [0.25, 0.3) is 0 Å². The fourth-order valence-corrected chi connectivity index (χ4v) is 7.21. The number of pyridine rings is 4. The Balaban J connectivity index is 1.28. The van der Waals surface area contributed by atoms with Gasteiger partial charge < -0.3 is 50.4 Å². The van der Waals surface area contributed by atoms with E-state index in [2.05, 4.69) is 25.6 Å². The summed E-state index contributed by atoms with van der Waals surface area (Å²) in [6.45, 7) is -2.63. The van der Waals surface area contributed by atoms with Gasteiger partial charge in [0, 0.05) is 63.8 Å². The lowest BCUT2D eigenvalue weighted by atomic mass is 10.2. The molecule has 6 rings (SSSR count). The second-order valence-corrected chi connectivity index (χ2v) is 16.1. The molecule has 0 saturated heterocycles. The summed E-state index contributed by atoms with van der Waals surface area (Å²) in [7, 11) is 2.89. The fourth-order valence-electron chi connectivity index (χ4n) is 7.21. The highest BCUT2D eigenvalue weighted by Crippen LogP contribution is 2.28. The van der Waals surface area contributed by atoms with Gasteiger partial charge in [-0.3, -0.25) is 43.6 Å². The fraction of sp³-hybridized carbons (Fsp3) is 0.294. The van der Waals surface area contributed by atoms with Gasteiger partial charge in [-0.1, -0.05) is 54.6 Å². The van der Waals surface area contributed by atoms with Crippen LogP contribution < -0.4 is 26.0 Å². The molecule has 4 aromatic heterocycles. The van der Waals surface area contributed by atoms with Crippen molar-refractivity contribution in [3.8, 4) is 34.3 Å². The van der Waals surface area contributed by atoms with Crippen LogP contribution >= 0.6 is 0 Å². The Labute approximate surface area is 415 Å². The Hall–Kier alpha value is -8.40. The van der Waals surface area contributed by atoms with Gasteiger partial charge in [0.1, 0.15) is 42.5 Å². The quantitative estimate of drug-likeness (QED) is 0.0576. The summed E-state index contributed by atoms with van der Waals surface area (Å²) in [5.74, 6) is -3.89. The minimum Gasteiger partial charge on any atom is -0.506 e. The second kappa shape index (κ2) is 27.1. The zero-order valence-electron chi connectivity index (χ0n) is 40.0. The number of nitrogens with one attached hydrogen (secondary N) is 2. The highest BCUT2D eigenvalue weighted by Gasteiger charge is 2.29. The van der Waals surface area contributed by atoms with Crippen LogP contribution in [-0.4, -0.2) is 168 Å². The number of primary amides is 1. The van der Waals surface area contributed by atoms with Gasteiger partial charge in [-0.05, 0) is 48.0 Å². The number of aromatic hydroxyl groups is 1. The predicted molar refractivity (Wildman–Crippen MR) is 266 cm³/mol. The van der Waals surface area contributed by atoms with Crippen molar-refractivity contribution in [2.75, 3.05) is 97.8 Å². The first kappa shape index (κ1) is 53.0. The minimum absolute atomic E-state index is 0.0261. The topological polar surface area (TPSA) is 265 Å². The van der Waals surface area contributed by atoms with Crippen LogP contribution in [0.2, 0.25) is 0 Å². The number of amides is 6. The minimum atomic E-state index is -0.767. The van der Waals surface area contributed by atoms with Crippen molar-refractivity contribution in [3.05, 3.63) is 127 Å². The van der Waals surface area contributed by atoms with E-state index in [1.165, 1.54) is 31.3 Å². The van der Waals surface area contributed by atoms with E-state index in [0.717, 1.165) is 20.3 Å². The number of hydrogen-bond donors (Lipinski definition) is 4. The normalized spacial score (nSPS) is 10.9. The highest BCUT2D eigenvalue weighted by molar-refractivity contribution is 6.02. The molecule has 2 aromatic carbocycles. The monoisotopic (exact) mass is 983 g/mol. The maximum Gasteiger partial charge on any atom is 0.248 e. The summed E-state index contributed by atoms with van der Waals surface area (Å²) in [4.78, 5) is 104. The average molecular weight is 984 g/mol. The molecule has 376 valence electrons. The number of carbonyl (C=O) groups is 6. The molecule has 0 saturated carbocycles. The van der Waals surface area contributed by atoms with Crippen LogP contribution in [0.1, 0.15) is 5.56 Å². The zero-order chi connectivity index (χ0) is 51.2. The van der Waals surface area contributed by atoms with Gasteiger partial charge in [0.2, 0.25) is 35.4 Å². The van der Waals surface area contributed by atoms with Crippen LogP contribution in [0.3, 0.4) is 0 Å². The summed E-state index contributed by atoms with van der Waals surface area (Å²) in [5.41, 5.74) is 8.55. The number of methoxy groups -OCH3 is 2. The Morgan fingerprint density at radius 1 is 0.597 bits per heavy atom. The molecule has 21 heteroatoms. The summed E-state index contributed by atoms with van der Waals surface area (Å²) in [5, 5.41) is 17.0. The van der Waals surface area contributed by atoms with Crippen LogP contribution in [0.15, 0.2) is 122 Å². The molecule has 21 nitrogen and oxygen atoms in total. The Morgan fingerprint density at radius 2 is 1.21 bits per heavy atom. The van der Waals surface area contributed by atoms with Crippen molar-refractivity contribution in [2.24, 2.45) is 5.73 Å². The molecule has 6 aromatic rings. The first-order valence-corrected chi connectivity index (χ1v) is 22.9. The lowest BCUT2D eigenvalue weighted by molar-refractivity contribution is -0.138. The molecule has 0 aliphatic rings. The molecule has 4 heterocycles. The third kappa shape index (κ3) is 15.8. The smallest absolute Gasteiger partial charge is 0.248 e. The number of nitrogens with zero attached hydrogens (tertiary/aromatic N) is 8. The van der Waals surface area contributed by atoms with Crippen molar-refractivity contribution >= 4 is 52.2 Å². The van der Waals surface area contributed by atoms with Crippen LogP contribution in [0.4, 0.5) is 5.82 Å². The molecule has 0 radical (unpaired) electrons. The SMILES string of the molecule is COCCN(CC(N)=O)C(=O)CNC(=O)CN(CCOc1cc(-c2ccccn2)nc(-c2ccccn2)c1)C(=O)CN(C(=O)CN(CCOC)C(=O)CNCc1ccccc1)c1ccc2cccc(O)c2n1. The second-order valence-electron chi connectivity index (χ2n) is 16.1. The first-order valence-electron chi connectivity index (χ1n) is 22.9. The summed E-state index contributed by atoms with van der Waals surface area (Å²) < 4.78 is 16.6. The van der Waals surface area contributed by atoms with Gasteiger partial charge in [-0.2, -0.15) is 0 Å². The van der Waals surface area contributed by atoms with Crippen molar-refractivity contribution in [1.82, 2.24) is 45.3 Å². The van der Waals surface area contributed by atoms with E-state index in [1.54, 1.807) is 67.0 Å². The lowest BCUT2D eigenvalue weighted by Crippen LogP contribution is -2.52. The molecule has 0 bridgehead atoms. The Kier molecular flexibility index (Phi) is 19.9. The molecule has 72 heavy (non-hydrogen) atoms. The van der Waals surface area contributed by atoms with Crippen LogP contribution in [0.25, 0.3) is 33.7 Å². The molecule has 0 unspecified atom stereocenters. The van der Waals surface area contributed by atoms with Crippen LogP contribution in [-0.2, 0) is 44.8 Å². The average Bonchev–Trinajstić information content (AvgIpc) is 3.39. The molecule has 0 spiro atoms. The Bertz CT molecular complexity index is 2720. The maximum absolute atomic E-state index is 14.7. The number of nitrogens with two attached hydrogens (primary N) is 1. The molecule has 5 N–H and O–H groups in total. The largest absolute Gasteiger partial charge is 0.506 e. The van der Waals surface area contributed by atoms with E-state index in [9.17, 15) is 33.9 Å². The number of anilines is 1. The van der Waals surface area contributed by atoms with Gasteiger partial charge in [0.05, 0.1) is 68.7 Å². The number of phenolic OH excluding ortho intramolecular Hbond substituents is 1. The molecule has 0 fully saturated rings. The maximum atomic E-state index is 14.7. The number of para-hydroxylation sites is 1. The van der Waals surface area contributed by atoms with Gasteiger partial charge in [-0.15, -0.1) is 0 Å². The number of hydrogen-bond acceptors (Lipinski definition) is 15. The van der Waals surface area contributed by atoms with Crippen LogP contribution in [0, 0.1) is 0 Å². The van der Waals surface area contributed by atoms with E-state index in [1.807, 2.05) is 42.5 Å². The van der Waals surface area contributed by atoms with Gasteiger partial charge in [0.15, 0.2) is 0 Å². The van der Waals surface area contributed by atoms with Crippen molar-refractivity contribution in [2.45, 2.75) is 6.54 Å². The van der Waals surface area contributed by atoms with Crippen molar-refractivity contribution in [1.29, 1.82) is 0 Å². The molecule has 0 atom stereocenters. The lowest BCUT2D eigenvalue weighted by Gasteiger charge is -2.29. The van der Waals surface area contributed by atoms with E-state index >= 15 is 0 Å². The predicted octanol–water partition coefficient (Wildman–Crippen LogP) is 2.04. The number of phenols is 1. The molecular weight excluding hydrogens is 927 g/mol. The number of ether oxygens (including phenoxy) is 3.